The fraction of sp³-hybridized carbons (Fsp3) is 0.533. The number of likely N-dealkylation sites (tertiary alicyclic amines) is 1. The first-order valence-electron chi connectivity index (χ1n) is 6.90. The van der Waals surface area contributed by atoms with Crippen LogP contribution in [-0.2, 0) is 0 Å². The molecule has 1 fully saturated rings. The van der Waals surface area contributed by atoms with Crippen molar-refractivity contribution in [1.29, 1.82) is 0 Å². The third-order valence-electron chi connectivity index (χ3n) is 3.25. The van der Waals surface area contributed by atoms with E-state index >= 15 is 0 Å². The lowest BCUT2D eigenvalue weighted by Gasteiger charge is -2.20. The summed E-state index contributed by atoms with van der Waals surface area (Å²) in [5, 5.41) is 2.97. The van der Waals surface area contributed by atoms with E-state index in [1.807, 2.05) is 43.0 Å². The van der Waals surface area contributed by atoms with Crippen molar-refractivity contribution in [1.82, 2.24) is 10.2 Å². The molecule has 2 amide bonds. The third-order valence-corrected chi connectivity index (χ3v) is 3.25. The van der Waals surface area contributed by atoms with Crippen LogP contribution in [0.2, 0.25) is 0 Å². The minimum absolute atomic E-state index is 0.00797. The number of nitrogens with one attached hydrogen (secondary N) is 1. The van der Waals surface area contributed by atoms with Gasteiger partial charge in [-0.1, -0.05) is 12.1 Å². The number of carbonyl (C=O) groups excluding carboxylic acids is 1. The zero-order valence-corrected chi connectivity index (χ0v) is 11.7. The van der Waals surface area contributed by atoms with Crippen molar-refractivity contribution in [2.24, 2.45) is 0 Å². The summed E-state index contributed by atoms with van der Waals surface area (Å²) in [5.74, 6) is 0.849. The Morgan fingerprint density at radius 2 is 2.16 bits per heavy atom. The highest BCUT2D eigenvalue weighted by Gasteiger charge is 2.19. The molecule has 1 N–H and O–H groups in total. The molecule has 1 atom stereocenters. The minimum Gasteiger partial charge on any atom is -0.491 e. The Labute approximate surface area is 114 Å². The Morgan fingerprint density at radius 3 is 2.84 bits per heavy atom. The van der Waals surface area contributed by atoms with E-state index in [1.165, 1.54) is 5.56 Å². The molecule has 0 saturated carbocycles. The van der Waals surface area contributed by atoms with Crippen LogP contribution >= 0.6 is 0 Å². The van der Waals surface area contributed by atoms with E-state index in [4.69, 9.17) is 4.74 Å². The average Bonchev–Trinajstić information content (AvgIpc) is 2.90. The van der Waals surface area contributed by atoms with E-state index in [1.54, 1.807) is 0 Å². The Kier molecular flexibility index (Phi) is 4.66. The normalized spacial score (nSPS) is 16.2. The number of rotatable bonds is 4. The maximum absolute atomic E-state index is 11.9. The topological polar surface area (TPSA) is 41.6 Å². The molecule has 0 bridgehead atoms. The first kappa shape index (κ1) is 13.7. The van der Waals surface area contributed by atoms with Crippen LogP contribution in [0.15, 0.2) is 24.3 Å². The number of aryl methyl sites for hydroxylation is 1. The molecule has 1 aromatic rings. The van der Waals surface area contributed by atoms with E-state index in [2.05, 4.69) is 5.32 Å². The molecule has 1 aliphatic rings. The van der Waals surface area contributed by atoms with E-state index in [0.29, 0.717) is 6.61 Å². The summed E-state index contributed by atoms with van der Waals surface area (Å²) in [6.45, 7) is 6.23. The predicted molar refractivity (Wildman–Crippen MR) is 75.5 cm³/mol. The van der Waals surface area contributed by atoms with E-state index in [0.717, 1.165) is 31.7 Å². The van der Waals surface area contributed by atoms with Gasteiger partial charge in [0.05, 0.1) is 6.04 Å². The first-order valence-corrected chi connectivity index (χ1v) is 6.90. The summed E-state index contributed by atoms with van der Waals surface area (Å²) in [6, 6.07) is 7.96. The lowest BCUT2D eigenvalue weighted by Crippen LogP contribution is -2.44. The number of benzene rings is 1. The number of hydrogen-bond acceptors (Lipinski definition) is 2. The zero-order chi connectivity index (χ0) is 13.7. The molecule has 1 heterocycles. The fourth-order valence-electron chi connectivity index (χ4n) is 2.19. The summed E-state index contributed by atoms with van der Waals surface area (Å²) in [5.41, 5.74) is 1.17. The lowest BCUT2D eigenvalue weighted by molar-refractivity contribution is 0.197. The van der Waals surface area contributed by atoms with Crippen molar-refractivity contribution >= 4 is 6.03 Å². The molecule has 1 saturated heterocycles. The molecule has 1 unspecified atom stereocenters. The van der Waals surface area contributed by atoms with Crippen LogP contribution in [0.25, 0.3) is 0 Å². The molecule has 19 heavy (non-hydrogen) atoms. The molecule has 0 aromatic heterocycles. The van der Waals surface area contributed by atoms with Gasteiger partial charge in [-0.3, -0.25) is 0 Å². The second kappa shape index (κ2) is 6.45. The smallest absolute Gasteiger partial charge is 0.317 e. The van der Waals surface area contributed by atoms with Crippen LogP contribution in [0.3, 0.4) is 0 Å². The summed E-state index contributed by atoms with van der Waals surface area (Å²) >= 11 is 0. The maximum atomic E-state index is 11.9. The Bertz CT molecular complexity index is 428. The molecule has 0 radical (unpaired) electrons. The monoisotopic (exact) mass is 262 g/mol. The number of nitrogens with zero attached hydrogens (tertiary/aromatic N) is 1. The third kappa shape index (κ3) is 4.16. The highest BCUT2D eigenvalue weighted by atomic mass is 16.5. The highest BCUT2D eigenvalue weighted by Crippen LogP contribution is 2.12. The standard InChI is InChI=1S/C15H22N2O2/c1-12-6-5-7-14(10-12)19-11-13(2)16-15(18)17-8-3-4-9-17/h5-7,10,13H,3-4,8-9,11H2,1-2H3,(H,16,18). The van der Waals surface area contributed by atoms with Crippen LogP contribution in [0.4, 0.5) is 4.79 Å². The van der Waals surface area contributed by atoms with Crippen LogP contribution in [-0.4, -0.2) is 36.7 Å². The van der Waals surface area contributed by atoms with Gasteiger partial charge in [0.2, 0.25) is 0 Å². The van der Waals surface area contributed by atoms with Gasteiger partial charge >= 0.3 is 6.03 Å². The van der Waals surface area contributed by atoms with Gasteiger partial charge in [0.15, 0.2) is 0 Å². The molecule has 1 aliphatic heterocycles. The van der Waals surface area contributed by atoms with Gasteiger partial charge in [0.1, 0.15) is 12.4 Å². The summed E-state index contributed by atoms with van der Waals surface area (Å²) in [4.78, 5) is 13.7. The van der Waals surface area contributed by atoms with E-state index in [9.17, 15) is 4.79 Å². The highest BCUT2D eigenvalue weighted by molar-refractivity contribution is 5.74. The zero-order valence-electron chi connectivity index (χ0n) is 11.7. The van der Waals surface area contributed by atoms with Gasteiger partial charge in [-0.2, -0.15) is 0 Å². The summed E-state index contributed by atoms with van der Waals surface area (Å²) < 4.78 is 5.68. The van der Waals surface area contributed by atoms with Crippen LogP contribution in [0.5, 0.6) is 5.75 Å². The second-order valence-electron chi connectivity index (χ2n) is 5.17. The van der Waals surface area contributed by atoms with Crippen molar-refractivity contribution in [3.8, 4) is 5.75 Å². The summed E-state index contributed by atoms with van der Waals surface area (Å²) in [6.07, 6.45) is 2.23. The predicted octanol–water partition coefficient (Wildman–Crippen LogP) is 2.57. The first-order chi connectivity index (χ1) is 9.15. The fourth-order valence-corrected chi connectivity index (χ4v) is 2.19. The molecule has 104 valence electrons. The Hall–Kier alpha value is -1.71. The molecule has 4 nitrogen and oxygen atoms in total. The van der Waals surface area contributed by atoms with Crippen LogP contribution < -0.4 is 10.1 Å². The molecule has 0 aliphatic carbocycles. The van der Waals surface area contributed by atoms with Gasteiger partial charge in [0.25, 0.3) is 0 Å². The largest absolute Gasteiger partial charge is 0.491 e. The van der Waals surface area contributed by atoms with Gasteiger partial charge in [-0.15, -0.1) is 0 Å². The van der Waals surface area contributed by atoms with E-state index < -0.39 is 0 Å². The van der Waals surface area contributed by atoms with E-state index in [-0.39, 0.29) is 12.1 Å². The van der Waals surface area contributed by atoms with Crippen molar-refractivity contribution in [2.45, 2.75) is 32.7 Å². The molecule has 4 heteroatoms. The Balaban J connectivity index is 1.75. The van der Waals surface area contributed by atoms with Crippen molar-refractivity contribution in [3.05, 3.63) is 29.8 Å². The minimum atomic E-state index is 0.00797. The quantitative estimate of drug-likeness (QED) is 0.906. The molecular formula is C15H22N2O2. The number of hydrogen-bond donors (Lipinski definition) is 1. The molecule has 0 spiro atoms. The SMILES string of the molecule is Cc1cccc(OCC(C)NC(=O)N2CCCC2)c1. The molecule has 2 rings (SSSR count). The average molecular weight is 262 g/mol. The van der Waals surface area contributed by atoms with Gasteiger partial charge in [-0.25, -0.2) is 4.79 Å². The number of carbonyl (C=O) groups is 1. The van der Waals surface area contributed by atoms with Crippen molar-refractivity contribution in [2.75, 3.05) is 19.7 Å². The lowest BCUT2D eigenvalue weighted by atomic mass is 10.2. The Morgan fingerprint density at radius 1 is 1.42 bits per heavy atom. The number of urea groups is 1. The van der Waals surface area contributed by atoms with Gasteiger partial charge < -0.3 is 15.0 Å². The molecular weight excluding hydrogens is 240 g/mol. The van der Waals surface area contributed by atoms with Gasteiger partial charge in [0, 0.05) is 13.1 Å². The maximum Gasteiger partial charge on any atom is 0.317 e. The second-order valence-corrected chi connectivity index (χ2v) is 5.17. The number of amides is 2. The van der Waals surface area contributed by atoms with Crippen molar-refractivity contribution in [3.63, 3.8) is 0 Å². The molecule has 1 aromatic carbocycles. The number of ether oxygens (including phenoxy) is 1. The van der Waals surface area contributed by atoms with Crippen molar-refractivity contribution < 1.29 is 9.53 Å². The van der Waals surface area contributed by atoms with Gasteiger partial charge in [-0.05, 0) is 44.4 Å². The van der Waals surface area contributed by atoms with Crippen LogP contribution in [0.1, 0.15) is 25.3 Å². The summed E-state index contributed by atoms with van der Waals surface area (Å²) in [7, 11) is 0. The van der Waals surface area contributed by atoms with Crippen LogP contribution in [0, 0.1) is 6.92 Å².